The number of benzene rings is 3. The zero-order valence-electron chi connectivity index (χ0n) is 39.7. The Morgan fingerprint density at radius 1 is 0.545 bits per heavy atom. The Morgan fingerprint density at radius 3 is 1.49 bits per heavy atom. The molecule has 0 aliphatic carbocycles. The van der Waals surface area contributed by atoms with Gasteiger partial charge in [0.25, 0.3) is 5.91 Å². The molecule has 0 spiro atoms. The average Bonchev–Trinajstić information content (AvgIpc) is 4.31. The molecule has 22 nitrogen and oxygen atoms in total. The molecule has 0 atom stereocenters. The van der Waals surface area contributed by atoms with Crippen molar-refractivity contribution in [3.8, 4) is 6.07 Å². The summed E-state index contributed by atoms with van der Waals surface area (Å²) in [5, 5.41) is 62.2. The molecule has 8 aromatic heterocycles. The van der Waals surface area contributed by atoms with Crippen molar-refractivity contribution in [2.75, 3.05) is 0 Å². The third kappa shape index (κ3) is 12.3. The first kappa shape index (κ1) is 52.7. The van der Waals surface area contributed by atoms with Crippen molar-refractivity contribution < 1.29 is 18.0 Å². The van der Waals surface area contributed by atoms with Crippen LogP contribution in [0.3, 0.4) is 0 Å². The highest BCUT2D eigenvalue weighted by atomic mass is 127. The fourth-order valence-electron chi connectivity index (χ4n) is 7.54. The van der Waals surface area contributed by atoms with E-state index in [2.05, 4.69) is 121 Å². The molecule has 13 rings (SSSR count). The van der Waals surface area contributed by atoms with Gasteiger partial charge in [-0.15, -0.1) is 15.3 Å². The van der Waals surface area contributed by atoms with Gasteiger partial charge in [0.2, 0.25) is 0 Å². The average molecular weight is 1260 g/mol. The standard InChI is InChI=1S/C13H10FN5O.C13H8FN5.C12H8FIN4.C6H4IN3.C6H6N4/c14-10-4-2-1-3-8(10)7-19-13-9(5-6-16-17-13)11(18-19)12(15)20;14-11-4-2-1-3-9(11)8-19-13-10(5-6-16-17-13)12(7-15)18-19;13-10-4-2-1-3-8(10)7-18-12-9(11(14)17-18)5-6-15-16-12;2*7-6-4-1-2-9-10-5(4)3-8-6/h1-6H,7H2,(H2,15,20);1-6H,8H2;1-6H,7H2;1-2H,3H2;1-2H,3H2,(H2,7,8). The fraction of sp³-hybridized carbons (Fsp3) is 0.100. The molecule has 0 saturated heterocycles. The van der Waals surface area contributed by atoms with Gasteiger partial charge in [-0.1, -0.05) is 54.6 Å². The van der Waals surface area contributed by atoms with Crippen molar-refractivity contribution in [3.05, 3.63) is 206 Å². The molecule has 0 bridgehead atoms. The number of aliphatic imine (C=N–C) groups is 2. The van der Waals surface area contributed by atoms with Crippen LogP contribution in [0, 0.1) is 32.5 Å². The first-order valence-corrected chi connectivity index (χ1v) is 24.8. The second-order valence-corrected chi connectivity index (χ2v) is 18.2. The van der Waals surface area contributed by atoms with Gasteiger partial charge >= 0.3 is 0 Å². The maximum Gasteiger partial charge on any atom is 0.269 e. The van der Waals surface area contributed by atoms with Crippen LogP contribution in [-0.2, 0) is 32.7 Å². The number of fused-ring (bicyclic) bond motifs is 5. The van der Waals surface area contributed by atoms with Crippen molar-refractivity contribution in [2.24, 2.45) is 21.5 Å². The van der Waals surface area contributed by atoms with Gasteiger partial charge in [0, 0.05) is 27.8 Å². The molecule has 77 heavy (non-hydrogen) atoms. The van der Waals surface area contributed by atoms with E-state index in [0.717, 1.165) is 35.3 Å². The van der Waals surface area contributed by atoms with Gasteiger partial charge in [-0.2, -0.15) is 56.2 Å². The number of hydrogen-bond acceptors (Lipinski definition) is 18. The summed E-state index contributed by atoms with van der Waals surface area (Å²) in [5.41, 5.74) is 18.2. The normalized spacial score (nSPS) is 11.8. The third-order valence-corrected chi connectivity index (χ3v) is 13.0. The Kier molecular flexibility index (Phi) is 16.7. The summed E-state index contributed by atoms with van der Waals surface area (Å²) < 4.78 is 47.4. The lowest BCUT2D eigenvalue weighted by Gasteiger charge is -2.03. The lowest BCUT2D eigenvalue weighted by molar-refractivity contribution is 0.0996. The van der Waals surface area contributed by atoms with Crippen LogP contribution in [0.15, 0.2) is 144 Å². The van der Waals surface area contributed by atoms with Crippen molar-refractivity contribution in [1.29, 1.82) is 5.26 Å². The van der Waals surface area contributed by atoms with Crippen LogP contribution < -0.4 is 11.5 Å². The molecule has 0 fully saturated rings. The van der Waals surface area contributed by atoms with E-state index in [9.17, 15) is 18.0 Å². The highest BCUT2D eigenvalue weighted by Crippen LogP contribution is 2.22. The molecule has 2 aliphatic rings. The van der Waals surface area contributed by atoms with E-state index >= 15 is 0 Å². The molecule has 0 saturated carbocycles. The Bertz CT molecular complexity index is 3980. The summed E-state index contributed by atoms with van der Waals surface area (Å²) in [7, 11) is 0. The number of primary amides is 1. The number of halogens is 5. The zero-order chi connectivity index (χ0) is 53.8. The van der Waals surface area contributed by atoms with E-state index in [-0.39, 0.29) is 41.9 Å². The van der Waals surface area contributed by atoms with E-state index in [0.29, 0.717) is 69.9 Å². The van der Waals surface area contributed by atoms with E-state index in [1.807, 2.05) is 24.3 Å². The first-order valence-electron chi connectivity index (χ1n) is 22.7. The summed E-state index contributed by atoms with van der Waals surface area (Å²) in [5.74, 6) is -0.977. The van der Waals surface area contributed by atoms with Gasteiger partial charge in [-0.05, 0) is 93.7 Å². The number of amides is 1. The first-order chi connectivity index (χ1) is 37.5. The minimum atomic E-state index is -0.657. The van der Waals surface area contributed by atoms with Crippen molar-refractivity contribution >= 4 is 93.7 Å². The number of carbonyl (C=O) groups excluding carboxylic acids is 1. The summed E-state index contributed by atoms with van der Waals surface area (Å²) in [6.45, 7) is 1.99. The smallest absolute Gasteiger partial charge is 0.269 e. The minimum absolute atomic E-state index is 0.103. The maximum atomic E-state index is 13.7. The molecule has 10 heterocycles. The zero-order valence-corrected chi connectivity index (χ0v) is 44.0. The largest absolute Gasteiger partial charge is 0.383 e. The summed E-state index contributed by atoms with van der Waals surface area (Å²) in [6, 6.07) is 30.3. The molecule has 27 heteroatoms. The summed E-state index contributed by atoms with van der Waals surface area (Å²) in [4.78, 5) is 19.6. The van der Waals surface area contributed by atoms with Crippen molar-refractivity contribution in [3.63, 3.8) is 0 Å². The van der Waals surface area contributed by atoms with Crippen molar-refractivity contribution in [2.45, 2.75) is 32.7 Å². The van der Waals surface area contributed by atoms with E-state index < -0.39 is 5.91 Å². The van der Waals surface area contributed by atoms with Crippen LogP contribution in [0.2, 0.25) is 0 Å². The van der Waals surface area contributed by atoms with E-state index in [1.54, 1.807) is 90.0 Å². The molecule has 0 radical (unpaired) electrons. The minimum Gasteiger partial charge on any atom is -0.383 e. The number of nitriles is 1. The molecule has 382 valence electrons. The van der Waals surface area contributed by atoms with Crippen LogP contribution in [0.4, 0.5) is 13.2 Å². The van der Waals surface area contributed by atoms with Crippen LogP contribution in [0.5, 0.6) is 0 Å². The Labute approximate surface area is 460 Å². The van der Waals surface area contributed by atoms with E-state index in [1.165, 1.54) is 40.0 Å². The van der Waals surface area contributed by atoms with Gasteiger partial charge in [-0.3, -0.25) is 14.8 Å². The highest BCUT2D eigenvalue weighted by Gasteiger charge is 2.19. The lowest BCUT2D eigenvalue weighted by atomic mass is 10.2. The number of nitrogens with two attached hydrogens (primary N) is 2. The Hall–Kier alpha value is -9.18. The van der Waals surface area contributed by atoms with Crippen LogP contribution in [-0.4, -0.2) is 95.8 Å². The monoisotopic (exact) mass is 1260 g/mol. The van der Waals surface area contributed by atoms with Crippen LogP contribution in [0.1, 0.15) is 55.4 Å². The number of rotatable bonds is 7. The summed E-state index contributed by atoms with van der Waals surface area (Å²) in [6.07, 6.45) is 7.88. The van der Waals surface area contributed by atoms with Gasteiger partial charge in [0.05, 0.1) is 91.3 Å². The van der Waals surface area contributed by atoms with Crippen LogP contribution in [0.25, 0.3) is 33.1 Å². The second kappa shape index (κ2) is 24.4. The number of nitrogens with zero attached hydrogens (tertiary/aromatic N) is 19. The fourth-order valence-corrected chi connectivity index (χ4v) is 8.88. The molecule has 11 aromatic rings. The topological polar surface area (TPSA) is 300 Å². The SMILES string of the molecule is Fc1ccccc1Cn1nc(I)c2ccnnc21.IC1=NCc2nnccc21.N#Cc1nn(Cc2ccccc2F)c2nnccc12.NC(=O)c1nn(Cc2ccccc2F)c2nnccc12.NC1=NCc2nnccc21. The predicted molar refractivity (Wildman–Crippen MR) is 291 cm³/mol. The number of aromatic nitrogens is 16. The molecule has 0 unspecified atom stereocenters. The Morgan fingerprint density at radius 2 is 0.974 bits per heavy atom. The van der Waals surface area contributed by atoms with Gasteiger partial charge in [0.15, 0.2) is 28.3 Å². The van der Waals surface area contributed by atoms with E-state index in [4.69, 9.17) is 16.7 Å². The Balaban J connectivity index is 0.000000120. The lowest BCUT2D eigenvalue weighted by Crippen LogP contribution is -2.13. The molecule has 4 N–H and O–H groups in total. The van der Waals surface area contributed by atoms with Crippen molar-refractivity contribution in [1.82, 2.24) is 80.3 Å². The molecular weight excluding hydrogens is 1220 g/mol. The number of hydrogen-bond donors (Lipinski definition) is 2. The molecule has 3 aromatic carbocycles. The quantitative estimate of drug-likeness (QED) is 0.161. The van der Waals surface area contributed by atoms with Gasteiger partial charge < -0.3 is 11.5 Å². The highest BCUT2D eigenvalue weighted by molar-refractivity contribution is 14.1. The number of carbonyl (C=O) groups is 1. The molecule has 2 aliphatic heterocycles. The second-order valence-electron chi connectivity index (χ2n) is 16.1. The van der Waals surface area contributed by atoms with Crippen LogP contribution >= 0.6 is 45.2 Å². The maximum absolute atomic E-state index is 13.7. The number of amidine groups is 1. The molecular formula is C50H36F3I2N21O. The molecule has 1 amide bonds. The van der Waals surface area contributed by atoms with Gasteiger partial charge in [-0.25, -0.2) is 27.2 Å². The van der Waals surface area contributed by atoms with Gasteiger partial charge in [0.1, 0.15) is 36.8 Å². The summed E-state index contributed by atoms with van der Waals surface area (Å²) >= 11 is 4.34. The third-order valence-electron chi connectivity index (χ3n) is 11.3. The predicted octanol–water partition coefficient (Wildman–Crippen LogP) is 6.48.